The van der Waals surface area contributed by atoms with Gasteiger partial charge < -0.3 is 4.42 Å². The molecule has 0 radical (unpaired) electrons. The van der Waals surface area contributed by atoms with E-state index < -0.39 is 0 Å². The Bertz CT molecular complexity index is 1110. The number of rotatable bonds is 3. The maximum Gasteiger partial charge on any atom is 0.347 e. The van der Waals surface area contributed by atoms with Crippen LogP contribution in [0.2, 0.25) is 0 Å². The molecule has 0 aliphatic rings. The molecule has 0 N–H and O–H groups in total. The van der Waals surface area contributed by atoms with Crippen molar-refractivity contribution in [1.82, 2.24) is 4.98 Å². The number of fused-ring (bicyclic) bond motifs is 1. The van der Waals surface area contributed by atoms with Crippen LogP contribution in [0, 0.1) is 0 Å². The van der Waals surface area contributed by atoms with E-state index in [1.165, 1.54) is 5.56 Å². The van der Waals surface area contributed by atoms with Crippen molar-refractivity contribution in [3.8, 4) is 11.5 Å². The van der Waals surface area contributed by atoms with Crippen LogP contribution in [-0.2, 0) is 5.41 Å². The van der Waals surface area contributed by atoms with E-state index in [0.29, 0.717) is 16.8 Å². The summed E-state index contributed by atoms with van der Waals surface area (Å²) in [6.45, 7) is 4.30. The summed E-state index contributed by atoms with van der Waals surface area (Å²) >= 11 is 0. The lowest BCUT2D eigenvalue weighted by Crippen LogP contribution is -2.19. The number of nitrogens with zero attached hydrogens (tertiary/aromatic N) is 1. The van der Waals surface area contributed by atoms with E-state index in [1.807, 2.05) is 66.7 Å². The maximum atomic E-state index is 12.6. The Hall–Kier alpha value is -3.20. The molecule has 0 fully saturated rings. The van der Waals surface area contributed by atoms with Crippen molar-refractivity contribution in [3.63, 3.8) is 0 Å². The van der Waals surface area contributed by atoms with Crippen LogP contribution in [0.25, 0.3) is 22.4 Å². The van der Waals surface area contributed by atoms with E-state index in [4.69, 9.17) is 4.42 Å². The van der Waals surface area contributed by atoms with E-state index in [9.17, 15) is 4.79 Å². The van der Waals surface area contributed by atoms with Gasteiger partial charge in [-0.3, -0.25) is 0 Å². The molecule has 0 aliphatic carbocycles. The molecule has 0 saturated carbocycles. The van der Waals surface area contributed by atoms with Crippen LogP contribution in [0.4, 0.5) is 0 Å². The SMILES string of the molecule is CC(C)(c1ccccc1)c1ccc2nc(-c3ccccc3)oc(=O)c2c1. The molecule has 4 rings (SSSR count). The minimum absolute atomic E-state index is 0.222. The zero-order valence-electron chi connectivity index (χ0n) is 14.8. The van der Waals surface area contributed by atoms with Crippen LogP contribution in [0.5, 0.6) is 0 Å². The van der Waals surface area contributed by atoms with Gasteiger partial charge in [-0.25, -0.2) is 9.78 Å². The highest BCUT2D eigenvalue weighted by molar-refractivity contribution is 5.80. The average molecular weight is 341 g/mol. The van der Waals surface area contributed by atoms with E-state index in [1.54, 1.807) is 0 Å². The molecule has 26 heavy (non-hydrogen) atoms. The van der Waals surface area contributed by atoms with E-state index in [0.717, 1.165) is 11.1 Å². The van der Waals surface area contributed by atoms with Gasteiger partial charge in [0, 0.05) is 11.0 Å². The molecule has 3 heteroatoms. The second kappa shape index (κ2) is 6.26. The van der Waals surface area contributed by atoms with Crippen molar-refractivity contribution >= 4 is 10.9 Å². The van der Waals surface area contributed by atoms with Gasteiger partial charge in [0.05, 0.1) is 10.9 Å². The van der Waals surface area contributed by atoms with Crippen molar-refractivity contribution in [2.24, 2.45) is 0 Å². The Labute approximate surface area is 152 Å². The van der Waals surface area contributed by atoms with Crippen LogP contribution in [0.15, 0.2) is 88.1 Å². The van der Waals surface area contributed by atoms with E-state index in [-0.39, 0.29) is 11.0 Å². The normalized spacial score (nSPS) is 11.6. The first-order chi connectivity index (χ1) is 12.6. The highest BCUT2D eigenvalue weighted by atomic mass is 16.4. The van der Waals surface area contributed by atoms with Gasteiger partial charge in [-0.15, -0.1) is 0 Å². The van der Waals surface area contributed by atoms with Crippen molar-refractivity contribution in [3.05, 3.63) is 100 Å². The molecule has 0 bridgehead atoms. The molecular weight excluding hydrogens is 322 g/mol. The molecule has 3 aromatic carbocycles. The molecule has 128 valence electrons. The molecule has 3 nitrogen and oxygen atoms in total. The van der Waals surface area contributed by atoms with Crippen LogP contribution in [0.1, 0.15) is 25.0 Å². The fourth-order valence-electron chi connectivity index (χ4n) is 3.19. The molecule has 0 saturated heterocycles. The first-order valence-electron chi connectivity index (χ1n) is 8.62. The molecule has 0 aliphatic heterocycles. The summed E-state index contributed by atoms with van der Waals surface area (Å²) in [6.07, 6.45) is 0. The Kier molecular flexibility index (Phi) is 3.92. The summed E-state index contributed by atoms with van der Waals surface area (Å²) in [5, 5.41) is 0.506. The molecular formula is C23H19NO2. The number of hydrogen-bond acceptors (Lipinski definition) is 3. The van der Waals surface area contributed by atoms with Gasteiger partial charge in [-0.1, -0.05) is 68.4 Å². The average Bonchev–Trinajstić information content (AvgIpc) is 2.69. The Balaban J connectivity index is 1.84. The largest absolute Gasteiger partial charge is 0.403 e. The first kappa shape index (κ1) is 16.3. The summed E-state index contributed by atoms with van der Waals surface area (Å²) in [4.78, 5) is 17.1. The fraction of sp³-hybridized carbons (Fsp3) is 0.130. The Morgan fingerprint density at radius 3 is 2.15 bits per heavy atom. The van der Waals surface area contributed by atoms with Crippen LogP contribution in [0.3, 0.4) is 0 Å². The highest BCUT2D eigenvalue weighted by Crippen LogP contribution is 2.32. The quantitative estimate of drug-likeness (QED) is 0.515. The molecule has 0 spiro atoms. The van der Waals surface area contributed by atoms with Crippen molar-refractivity contribution < 1.29 is 4.42 Å². The Morgan fingerprint density at radius 1 is 0.808 bits per heavy atom. The molecule has 0 amide bonds. The summed E-state index contributed by atoms with van der Waals surface area (Å²) in [5.74, 6) is 0.346. The number of aromatic nitrogens is 1. The molecule has 0 atom stereocenters. The first-order valence-corrected chi connectivity index (χ1v) is 8.62. The van der Waals surface area contributed by atoms with Gasteiger partial charge in [0.15, 0.2) is 0 Å². The van der Waals surface area contributed by atoms with Gasteiger partial charge in [0.25, 0.3) is 0 Å². The predicted octanol–water partition coefficient (Wildman–Crippen LogP) is 5.18. The van der Waals surface area contributed by atoms with Crippen molar-refractivity contribution in [2.45, 2.75) is 19.3 Å². The van der Waals surface area contributed by atoms with Crippen molar-refractivity contribution in [2.75, 3.05) is 0 Å². The lowest BCUT2D eigenvalue weighted by atomic mass is 9.78. The minimum Gasteiger partial charge on any atom is -0.403 e. The van der Waals surface area contributed by atoms with Gasteiger partial charge in [-0.2, -0.15) is 0 Å². The van der Waals surface area contributed by atoms with Gasteiger partial charge in [0.1, 0.15) is 0 Å². The highest BCUT2D eigenvalue weighted by Gasteiger charge is 2.23. The summed E-state index contributed by atoms with van der Waals surface area (Å²) in [6, 6.07) is 25.6. The summed E-state index contributed by atoms with van der Waals surface area (Å²) in [7, 11) is 0. The second-order valence-electron chi connectivity index (χ2n) is 6.90. The molecule has 1 heterocycles. The lowest BCUT2D eigenvalue weighted by Gasteiger charge is -2.26. The van der Waals surface area contributed by atoms with Gasteiger partial charge in [-0.05, 0) is 35.4 Å². The van der Waals surface area contributed by atoms with E-state index >= 15 is 0 Å². The zero-order chi connectivity index (χ0) is 18.1. The van der Waals surface area contributed by atoms with Crippen LogP contribution < -0.4 is 5.63 Å². The van der Waals surface area contributed by atoms with Crippen LogP contribution in [-0.4, -0.2) is 4.98 Å². The minimum atomic E-state index is -0.362. The lowest BCUT2D eigenvalue weighted by molar-refractivity contribution is 0.518. The topological polar surface area (TPSA) is 43.1 Å². The third-order valence-electron chi connectivity index (χ3n) is 4.87. The monoisotopic (exact) mass is 341 g/mol. The Morgan fingerprint density at radius 2 is 1.46 bits per heavy atom. The molecule has 1 aromatic heterocycles. The third-order valence-corrected chi connectivity index (χ3v) is 4.87. The van der Waals surface area contributed by atoms with Crippen molar-refractivity contribution in [1.29, 1.82) is 0 Å². The predicted molar refractivity (Wildman–Crippen MR) is 104 cm³/mol. The number of benzene rings is 3. The molecule has 0 unspecified atom stereocenters. The van der Waals surface area contributed by atoms with Crippen LogP contribution >= 0.6 is 0 Å². The standard InChI is InChI=1S/C23H19NO2/c1-23(2,17-11-7-4-8-12-17)18-13-14-20-19(15-18)22(25)26-21(24-20)16-9-5-3-6-10-16/h3-15H,1-2H3. The summed E-state index contributed by atoms with van der Waals surface area (Å²) < 4.78 is 5.48. The second-order valence-corrected chi connectivity index (χ2v) is 6.90. The number of hydrogen-bond donors (Lipinski definition) is 0. The summed E-state index contributed by atoms with van der Waals surface area (Å²) in [5.41, 5.74) is 3.10. The maximum absolute atomic E-state index is 12.6. The molecule has 4 aromatic rings. The smallest absolute Gasteiger partial charge is 0.347 e. The zero-order valence-corrected chi connectivity index (χ0v) is 14.8. The van der Waals surface area contributed by atoms with E-state index in [2.05, 4.69) is 31.0 Å². The fourth-order valence-corrected chi connectivity index (χ4v) is 3.19. The third kappa shape index (κ3) is 2.82. The van der Waals surface area contributed by atoms with Gasteiger partial charge >= 0.3 is 5.63 Å². The van der Waals surface area contributed by atoms with Gasteiger partial charge in [0.2, 0.25) is 5.89 Å².